The summed E-state index contributed by atoms with van der Waals surface area (Å²) in [6.07, 6.45) is 5.70. The van der Waals surface area contributed by atoms with Crippen LogP contribution < -0.4 is 10.1 Å². The summed E-state index contributed by atoms with van der Waals surface area (Å²) < 4.78 is 18.7. The van der Waals surface area contributed by atoms with Gasteiger partial charge in [-0.1, -0.05) is 12.5 Å². The standard InChI is InChI=1S/C17H24FNO/c1-11(13-5-6-17(20-2)16(18)9-13)19-10-15-8-12-3-4-14(15)7-12/h5-6,9,11-12,14-15,19H,3-4,7-8,10H2,1-2H3. The third-order valence-electron chi connectivity index (χ3n) is 5.25. The van der Waals surface area contributed by atoms with Gasteiger partial charge in [0.05, 0.1) is 7.11 Å². The summed E-state index contributed by atoms with van der Waals surface area (Å²) in [6.45, 7) is 3.17. The molecule has 20 heavy (non-hydrogen) atoms. The average Bonchev–Trinajstić information content (AvgIpc) is 3.07. The highest BCUT2D eigenvalue weighted by atomic mass is 19.1. The second kappa shape index (κ2) is 5.72. The van der Waals surface area contributed by atoms with E-state index in [4.69, 9.17) is 4.74 Å². The molecule has 4 atom stereocenters. The van der Waals surface area contributed by atoms with Gasteiger partial charge in [-0.15, -0.1) is 0 Å². The summed E-state index contributed by atoms with van der Waals surface area (Å²) in [5.74, 6) is 2.79. The predicted molar refractivity (Wildman–Crippen MR) is 78.3 cm³/mol. The number of rotatable bonds is 5. The van der Waals surface area contributed by atoms with E-state index in [-0.39, 0.29) is 11.9 Å². The van der Waals surface area contributed by atoms with Crippen molar-refractivity contribution in [2.24, 2.45) is 17.8 Å². The summed E-state index contributed by atoms with van der Waals surface area (Å²) in [5, 5.41) is 3.58. The molecule has 0 radical (unpaired) electrons. The van der Waals surface area contributed by atoms with Crippen molar-refractivity contribution >= 4 is 0 Å². The first kappa shape index (κ1) is 13.9. The van der Waals surface area contributed by atoms with Crippen LogP contribution in [0.3, 0.4) is 0 Å². The van der Waals surface area contributed by atoms with E-state index in [9.17, 15) is 4.39 Å². The quantitative estimate of drug-likeness (QED) is 0.880. The fourth-order valence-electron chi connectivity index (χ4n) is 4.02. The summed E-state index contributed by atoms with van der Waals surface area (Å²) in [4.78, 5) is 0. The first-order valence-corrected chi connectivity index (χ1v) is 7.74. The highest BCUT2D eigenvalue weighted by Crippen LogP contribution is 2.48. The lowest BCUT2D eigenvalue weighted by molar-refractivity contribution is 0.309. The monoisotopic (exact) mass is 277 g/mol. The molecule has 0 aliphatic heterocycles. The van der Waals surface area contributed by atoms with Gasteiger partial charge < -0.3 is 10.1 Å². The average molecular weight is 277 g/mol. The molecule has 0 heterocycles. The Morgan fingerprint density at radius 3 is 2.80 bits per heavy atom. The molecule has 1 aromatic rings. The minimum atomic E-state index is -0.279. The molecule has 2 fully saturated rings. The van der Waals surface area contributed by atoms with E-state index in [0.29, 0.717) is 5.75 Å². The topological polar surface area (TPSA) is 21.3 Å². The van der Waals surface area contributed by atoms with Crippen molar-refractivity contribution < 1.29 is 9.13 Å². The van der Waals surface area contributed by atoms with Crippen LogP contribution in [0.15, 0.2) is 18.2 Å². The van der Waals surface area contributed by atoms with E-state index in [1.54, 1.807) is 12.1 Å². The van der Waals surface area contributed by atoms with Crippen molar-refractivity contribution in [2.75, 3.05) is 13.7 Å². The van der Waals surface area contributed by atoms with E-state index >= 15 is 0 Å². The smallest absolute Gasteiger partial charge is 0.165 e. The minimum absolute atomic E-state index is 0.189. The Morgan fingerprint density at radius 1 is 1.35 bits per heavy atom. The van der Waals surface area contributed by atoms with Crippen LogP contribution in [-0.4, -0.2) is 13.7 Å². The number of ether oxygens (including phenoxy) is 1. The number of methoxy groups -OCH3 is 1. The molecule has 0 saturated heterocycles. The summed E-state index contributed by atoms with van der Waals surface area (Å²) in [5.41, 5.74) is 0.992. The van der Waals surface area contributed by atoms with E-state index in [0.717, 1.165) is 29.9 Å². The molecule has 3 heteroatoms. The van der Waals surface area contributed by atoms with E-state index in [2.05, 4.69) is 12.2 Å². The van der Waals surface area contributed by atoms with Gasteiger partial charge in [0.15, 0.2) is 11.6 Å². The Bertz CT molecular complexity index is 476. The highest BCUT2D eigenvalue weighted by Gasteiger charge is 2.39. The second-order valence-corrected chi connectivity index (χ2v) is 6.46. The molecule has 1 aromatic carbocycles. The molecule has 2 aliphatic carbocycles. The third-order valence-corrected chi connectivity index (χ3v) is 5.25. The summed E-state index contributed by atoms with van der Waals surface area (Å²) >= 11 is 0. The number of benzene rings is 1. The molecule has 1 N–H and O–H groups in total. The molecular weight excluding hydrogens is 253 g/mol. The minimum Gasteiger partial charge on any atom is -0.494 e. The Morgan fingerprint density at radius 2 is 2.20 bits per heavy atom. The van der Waals surface area contributed by atoms with Crippen molar-refractivity contribution in [1.82, 2.24) is 5.32 Å². The van der Waals surface area contributed by atoms with Gasteiger partial charge in [0.2, 0.25) is 0 Å². The zero-order chi connectivity index (χ0) is 14.1. The fraction of sp³-hybridized carbons (Fsp3) is 0.647. The molecule has 0 spiro atoms. The Hall–Kier alpha value is -1.09. The molecule has 4 unspecified atom stereocenters. The van der Waals surface area contributed by atoms with Gasteiger partial charge in [-0.2, -0.15) is 0 Å². The van der Waals surface area contributed by atoms with Crippen LogP contribution >= 0.6 is 0 Å². The maximum absolute atomic E-state index is 13.7. The molecule has 2 bridgehead atoms. The third kappa shape index (κ3) is 2.69. The molecule has 110 valence electrons. The SMILES string of the molecule is COc1ccc(C(C)NCC2CC3CCC2C3)cc1F. The van der Waals surface area contributed by atoms with Gasteiger partial charge in [0, 0.05) is 6.04 Å². The molecule has 2 nitrogen and oxygen atoms in total. The predicted octanol–water partition coefficient (Wildman–Crippen LogP) is 3.92. The lowest BCUT2D eigenvalue weighted by atomic mass is 9.88. The number of nitrogens with one attached hydrogen (secondary N) is 1. The molecule has 2 aliphatic rings. The van der Waals surface area contributed by atoms with Crippen molar-refractivity contribution in [3.8, 4) is 5.75 Å². The summed E-state index contributed by atoms with van der Waals surface area (Å²) in [7, 11) is 1.49. The van der Waals surface area contributed by atoms with Gasteiger partial charge in [0.1, 0.15) is 0 Å². The van der Waals surface area contributed by atoms with E-state index in [1.807, 2.05) is 6.07 Å². The van der Waals surface area contributed by atoms with Crippen LogP contribution in [-0.2, 0) is 0 Å². The fourth-order valence-corrected chi connectivity index (χ4v) is 4.02. The normalized spacial score (nSPS) is 29.6. The lowest BCUT2D eigenvalue weighted by Crippen LogP contribution is -2.28. The Balaban J connectivity index is 1.56. The maximum atomic E-state index is 13.7. The molecule has 0 aromatic heterocycles. The number of hydrogen-bond acceptors (Lipinski definition) is 2. The summed E-state index contributed by atoms with van der Waals surface area (Å²) in [6, 6.07) is 5.42. The number of fused-ring (bicyclic) bond motifs is 2. The maximum Gasteiger partial charge on any atom is 0.165 e. The lowest BCUT2D eigenvalue weighted by Gasteiger charge is -2.24. The Kier molecular flexibility index (Phi) is 3.97. The van der Waals surface area contributed by atoms with Crippen LogP contribution in [0.25, 0.3) is 0 Å². The first-order chi connectivity index (χ1) is 9.67. The van der Waals surface area contributed by atoms with Gasteiger partial charge in [-0.25, -0.2) is 4.39 Å². The van der Waals surface area contributed by atoms with Gasteiger partial charge in [-0.3, -0.25) is 0 Å². The van der Waals surface area contributed by atoms with Crippen molar-refractivity contribution in [3.63, 3.8) is 0 Å². The van der Waals surface area contributed by atoms with Gasteiger partial charge in [-0.05, 0) is 68.2 Å². The molecular formula is C17H24FNO. The first-order valence-electron chi connectivity index (χ1n) is 7.74. The van der Waals surface area contributed by atoms with Crippen molar-refractivity contribution in [3.05, 3.63) is 29.6 Å². The van der Waals surface area contributed by atoms with Crippen LogP contribution in [0.4, 0.5) is 4.39 Å². The Labute approximate surface area is 120 Å². The van der Waals surface area contributed by atoms with Crippen LogP contribution in [0.1, 0.15) is 44.2 Å². The number of halogens is 1. The van der Waals surface area contributed by atoms with Crippen molar-refractivity contribution in [2.45, 2.75) is 38.6 Å². The molecule has 0 amide bonds. The highest BCUT2D eigenvalue weighted by molar-refractivity contribution is 5.30. The largest absolute Gasteiger partial charge is 0.494 e. The van der Waals surface area contributed by atoms with Crippen molar-refractivity contribution in [1.29, 1.82) is 0 Å². The van der Waals surface area contributed by atoms with Crippen LogP contribution in [0.2, 0.25) is 0 Å². The van der Waals surface area contributed by atoms with Gasteiger partial charge in [0.25, 0.3) is 0 Å². The zero-order valence-corrected chi connectivity index (χ0v) is 12.4. The zero-order valence-electron chi connectivity index (χ0n) is 12.4. The van der Waals surface area contributed by atoms with Crippen LogP contribution in [0.5, 0.6) is 5.75 Å². The number of hydrogen-bond donors (Lipinski definition) is 1. The second-order valence-electron chi connectivity index (χ2n) is 6.46. The van der Waals surface area contributed by atoms with E-state index in [1.165, 1.54) is 32.8 Å². The molecule has 2 saturated carbocycles. The van der Waals surface area contributed by atoms with Gasteiger partial charge >= 0.3 is 0 Å². The molecule has 3 rings (SSSR count). The van der Waals surface area contributed by atoms with Crippen LogP contribution in [0, 0.1) is 23.6 Å². The van der Waals surface area contributed by atoms with E-state index < -0.39 is 0 Å².